The van der Waals surface area contributed by atoms with Crippen molar-refractivity contribution in [2.75, 3.05) is 0 Å². The van der Waals surface area contributed by atoms with Crippen LogP contribution in [-0.2, 0) is 6.42 Å². The van der Waals surface area contributed by atoms with E-state index in [2.05, 4.69) is 49.4 Å². The largest absolute Gasteiger partial charge is 0.122 e. The first-order valence-corrected chi connectivity index (χ1v) is 8.23. The Morgan fingerprint density at radius 1 is 1.00 bits per heavy atom. The summed E-state index contributed by atoms with van der Waals surface area (Å²) >= 11 is 6.79. The summed E-state index contributed by atoms with van der Waals surface area (Å²) in [6, 6.07) is 15.3. The Hall–Kier alpha value is -1.01. The van der Waals surface area contributed by atoms with Crippen LogP contribution in [0, 0.1) is 5.41 Å². The van der Waals surface area contributed by atoms with Crippen molar-refractivity contribution in [3.63, 3.8) is 0 Å². The third-order valence-corrected chi connectivity index (χ3v) is 5.66. The molecule has 3 rings (SSSR count). The van der Waals surface area contributed by atoms with Gasteiger partial charge < -0.3 is 0 Å². The van der Waals surface area contributed by atoms with Crippen LogP contribution in [0.25, 0.3) is 10.8 Å². The standard InChI is InChI=1S/C19H23Cl/c1-19(11-5-2-6-12-19)18(20)14-15-9-10-16-7-3-4-8-17(16)13-15/h3-4,7-10,13,18H,2,5-6,11-12,14H2,1H3. The molecule has 0 nitrogen and oxygen atoms in total. The van der Waals surface area contributed by atoms with Gasteiger partial charge in [0.15, 0.2) is 0 Å². The SMILES string of the molecule is CC1(C(Cl)Cc2ccc3ccccc3c2)CCCCC1. The first-order valence-electron chi connectivity index (χ1n) is 7.79. The summed E-state index contributed by atoms with van der Waals surface area (Å²) in [6.07, 6.45) is 7.64. The highest BCUT2D eigenvalue weighted by atomic mass is 35.5. The molecule has 20 heavy (non-hydrogen) atoms. The Labute approximate surface area is 127 Å². The van der Waals surface area contributed by atoms with Crippen LogP contribution in [0.3, 0.4) is 0 Å². The highest BCUT2D eigenvalue weighted by Crippen LogP contribution is 2.42. The van der Waals surface area contributed by atoms with E-state index in [0.717, 1.165) is 6.42 Å². The van der Waals surface area contributed by atoms with E-state index in [4.69, 9.17) is 11.6 Å². The Kier molecular flexibility index (Phi) is 4.03. The number of benzene rings is 2. The number of hydrogen-bond acceptors (Lipinski definition) is 0. The molecule has 1 aliphatic carbocycles. The minimum absolute atomic E-state index is 0.254. The highest BCUT2D eigenvalue weighted by molar-refractivity contribution is 6.21. The number of alkyl halides is 1. The van der Waals surface area contributed by atoms with E-state index in [0.29, 0.717) is 5.41 Å². The molecule has 0 N–H and O–H groups in total. The molecule has 1 fully saturated rings. The van der Waals surface area contributed by atoms with Gasteiger partial charge in [-0.2, -0.15) is 0 Å². The Morgan fingerprint density at radius 2 is 1.70 bits per heavy atom. The zero-order valence-corrected chi connectivity index (χ0v) is 13.0. The lowest BCUT2D eigenvalue weighted by Crippen LogP contribution is -2.32. The van der Waals surface area contributed by atoms with Crippen molar-refractivity contribution in [3.05, 3.63) is 48.0 Å². The topological polar surface area (TPSA) is 0 Å². The summed E-state index contributed by atoms with van der Waals surface area (Å²) in [4.78, 5) is 0. The van der Waals surface area contributed by atoms with Crippen molar-refractivity contribution < 1.29 is 0 Å². The first kappa shape index (κ1) is 13.9. The Balaban J connectivity index is 1.78. The fourth-order valence-corrected chi connectivity index (χ4v) is 3.89. The average molecular weight is 287 g/mol. The second kappa shape index (κ2) is 5.77. The molecule has 1 unspecified atom stereocenters. The van der Waals surface area contributed by atoms with Gasteiger partial charge in [0.1, 0.15) is 0 Å². The van der Waals surface area contributed by atoms with Gasteiger partial charge in [0.05, 0.1) is 0 Å². The molecule has 0 bridgehead atoms. The fraction of sp³-hybridized carbons (Fsp3) is 0.474. The normalized spacial score (nSPS) is 19.9. The van der Waals surface area contributed by atoms with Gasteiger partial charge in [-0.3, -0.25) is 0 Å². The van der Waals surface area contributed by atoms with E-state index in [9.17, 15) is 0 Å². The van der Waals surface area contributed by atoms with Crippen LogP contribution in [-0.4, -0.2) is 5.38 Å². The van der Waals surface area contributed by atoms with Crippen LogP contribution < -0.4 is 0 Å². The van der Waals surface area contributed by atoms with Crippen molar-refractivity contribution in [2.24, 2.45) is 5.41 Å². The van der Waals surface area contributed by atoms with Crippen LogP contribution in [0.1, 0.15) is 44.6 Å². The van der Waals surface area contributed by atoms with Crippen LogP contribution in [0.5, 0.6) is 0 Å². The maximum absolute atomic E-state index is 6.79. The van der Waals surface area contributed by atoms with Crippen molar-refractivity contribution in [2.45, 2.75) is 50.8 Å². The molecule has 0 radical (unpaired) electrons. The van der Waals surface area contributed by atoms with Crippen molar-refractivity contribution in [3.8, 4) is 0 Å². The number of rotatable bonds is 3. The van der Waals surface area contributed by atoms with Gasteiger partial charge >= 0.3 is 0 Å². The van der Waals surface area contributed by atoms with Crippen LogP contribution in [0.2, 0.25) is 0 Å². The summed E-state index contributed by atoms with van der Waals surface area (Å²) in [7, 11) is 0. The zero-order valence-electron chi connectivity index (χ0n) is 12.2. The van der Waals surface area contributed by atoms with E-state index in [1.54, 1.807) is 0 Å². The molecule has 0 aromatic heterocycles. The lowest BCUT2D eigenvalue weighted by molar-refractivity contribution is 0.205. The molecule has 0 amide bonds. The predicted molar refractivity (Wildman–Crippen MR) is 88.5 cm³/mol. The molecule has 1 heteroatoms. The molecule has 0 aliphatic heterocycles. The molecule has 1 saturated carbocycles. The van der Waals surface area contributed by atoms with Gasteiger partial charge in [0.25, 0.3) is 0 Å². The van der Waals surface area contributed by atoms with E-state index in [-0.39, 0.29) is 5.38 Å². The quantitative estimate of drug-likeness (QED) is 0.611. The summed E-state index contributed by atoms with van der Waals surface area (Å²) in [5.74, 6) is 0. The minimum atomic E-state index is 0.254. The van der Waals surface area contributed by atoms with Crippen molar-refractivity contribution >= 4 is 22.4 Å². The highest BCUT2D eigenvalue weighted by Gasteiger charge is 2.34. The van der Waals surface area contributed by atoms with Crippen LogP contribution in [0.15, 0.2) is 42.5 Å². The fourth-order valence-electron chi connectivity index (χ4n) is 3.49. The van der Waals surface area contributed by atoms with Gasteiger partial charge in [-0.25, -0.2) is 0 Å². The van der Waals surface area contributed by atoms with Gasteiger partial charge in [0, 0.05) is 5.38 Å². The van der Waals surface area contributed by atoms with Gasteiger partial charge in [-0.15, -0.1) is 11.6 Å². The van der Waals surface area contributed by atoms with Gasteiger partial charge in [-0.05, 0) is 41.0 Å². The molecule has 2 aromatic rings. The van der Waals surface area contributed by atoms with E-state index >= 15 is 0 Å². The maximum Gasteiger partial charge on any atom is 0.0430 e. The number of fused-ring (bicyclic) bond motifs is 1. The third kappa shape index (κ3) is 2.86. The van der Waals surface area contributed by atoms with E-state index in [1.165, 1.54) is 48.4 Å². The molecule has 0 heterocycles. The van der Waals surface area contributed by atoms with Crippen LogP contribution >= 0.6 is 11.6 Å². The lowest BCUT2D eigenvalue weighted by Gasteiger charge is -2.37. The number of hydrogen-bond donors (Lipinski definition) is 0. The summed E-state index contributed by atoms with van der Waals surface area (Å²) in [6.45, 7) is 2.38. The molecule has 2 aromatic carbocycles. The van der Waals surface area contributed by atoms with Crippen molar-refractivity contribution in [1.29, 1.82) is 0 Å². The van der Waals surface area contributed by atoms with Gasteiger partial charge in [-0.1, -0.05) is 68.7 Å². The predicted octanol–water partition coefficient (Wildman–Crippen LogP) is 5.96. The summed E-state index contributed by atoms with van der Waals surface area (Å²) < 4.78 is 0. The average Bonchev–Trinajstić information content (AvgIpc) is 2.48. The number of halogens is 1. The van der Waals surface area contributed by atoms with Crippen molar-refractivity contribution in [1.82, 2.24) is 0 Å². The minimum Gasteiger partial charge on any atom is -0.122 e. The Morgan fingerprint density at radius 3 is 2.45 bits per heavy atom. The molecule has 1 aliphatic rings. The zero-order chi connectivity index (χ0) is 14.0. The first-order chi connectivity index (χ1) is 9.67. The molecular weight excluding hydrogens is 264 g/mol. The maximum atomic E-state index is 6.79. The van der Waals surface area contributed by atoms with Crippen LogP contribution in [0.4, 0.5) is 0 Å². The molecule has 1 atom stereocenters. The second-order valence-corrected chi connectivity index (χ2v) is 7.09. The smallest absolute Gasteiger partial charge is 0.0430 e. The van der Waals surface area contributed by atoms with E-state index < -0.39 is 0 Å². The summed E-state index contributed by atoms with van der Waals surface area (Å²) in [5.41, 5.74) is 1.70. The summed E-state index contributed by atoms with van der Waals surface area (Å²) in [5, 5.41) is 2.89. The van der Waals surface area contributed by atoms with Gasteiger partial charge in [0.2, 0.25) is 0 Å². The third-order valence-electron chi connectivity index (χ3n) is 4.98. The molecule has 0 saturated heterocycles. The lowest BCUT2D eigenvalue weighted by atomic mass is 9.72. The Bertz CT molecular complexity index is 581. The molecule has 0 spiro atoms. The second-order valence-electron chi connectivity index (χ2n) is 6.57. The monoisotopic (exact) mass is 286 g/mol. The molecular formula is C19H23Cl. The molecule has 106 valence electrons. The van der Waals surface area contributed by atoms with E-state index in [1.807, 2.05) is 0 Å².